The molecular formula is C27H34N6O4S. The second-order valence-electron chi connectivity index (χ2n) is 10.5. The normalized spacial score (nSPS) is 15.9. The van der Waals surface area contributed by atoms with Crippen LogP contribution in [0.4, 0.5) is 10.5 Å². The fourth-order valence-electron chi connectivity index (χ4n) is 5.40. The highest BCUT2D eigenvalue weighted by Crippen LogP contribution is 2.38. The number of fused-ring (bicyclic) bond motifs is 1. The van der Waals surface area contributed by atoms with Crippen molar-refractivity contribution in [3.63, 3.8) is 0 Å². The number of benzene rings is 1. The lowest BCUT2D eigenvalue weighted by atomic mass is 9.98. The Kier molecular flexibility index (Phi) is 7.15. The van der Waals surface area contributed by atoms with Crippen molar-refractivity contribution in [2.75, 3.05) is 32.1 Å². The number of hydrogen-bond donors (Lipinski definition) is 2. The molecule has 38 heavy (non-hydrogen) atoms. The standard InChI is InChI=1S/C27H34N6O4S/c1-27(2,18-32-14-4-5-15-32)33-16-12-24(30-33)38(35,36)31-26(34)29-25-21-8-6-7-19(21)9-10-22(25)20-11-13-28-23(17-20)37-3/h9-13,16-17H,4-8,14-15,18H2,1-3H3,(H2,29,31,34). The van der Waals surface area contributed by atoms with Crippen LogP contribution in [0.25, 0.3) is 11.1 Å². The number of ether oxygens (including phenoxy) is 1. The summed E-state index contributed by atoms with van der Waals surface area (Å²) in [6, 6.07) is 8.20. The number of aromatic nitrogens is 3. The number of nitrogens with one attached hydrogen (secondary N) is 2. The molecule has 0 spiro atoms. The summed E-state index contributed by atoms with van der Waals surface area (Å²) >= 11 is 0. The summed E-state index contributed by atoms with van der Waals surface area (Å²) in [4.78, 5) is 19.6. The zero-order valence-electron chi connectivity index (χ0n) is 22.0. The van der Waals surface area contributed by atoms with Gasteiger partial charge in [-0.25, -0.2) is 14.5 Å². The number of methoxy groups -OCH3 is 1. The number of amides is 2. The number of pyridine rings is 1. The third kappa shape index (κ3) is 5.39. The van der Waals surface area contributed by atoms with Gasteiger partial charge in [-0.15, -0.1) is 0 Å². The van der Waals surface area contributed by atoms with Crippen molar-refractivity contribution >= 4 is 21.7 Å². The molecule has 0 atom stereocenters. The predicted molar refractivity (Wildman–Crippen MR) is 145 cm³/mol. The lowest BCUT2D eigenvalue weighted by molar-refractivity contribution is 0.195. The van der Waals surface area contributed by atoms with E-state index in [1.807, 2.05) is 26.0 Å². The molecule has 1 aromatic carbocycles. The molecule has 3 aromatic rings. The number of carbonyl (C=O) groups is 1. The largest absolute Gasteiger partial charge is 0.481 e. The van der Waals surface area contributed by atoms with E-state index in [9.17, 15) is 13.2 Å². The molecule has 2 aliphatic rings. The predicted octanol–water partition coefficient (Wildman–Crippen LogP) is 3.78. The Morgan fingerprint density at radius 2 is 1.89 bits per heavy atom. The molecule has 2 amide bonds. The number of rotatable bonds is 8. The van der Waals surface area contributed by atoms with Crippen LogP contribution in [0, 0.1) is 0 Å². The molecule has 3 heterocycles. The molecular weight excluding hydrogens is 504 g/mol. The highest BCUT2D eigenvalue weighted by Gasteiger charge is 2.29. The number of anilines is 1. The van der Waals surface area contributed by atoms with Gasteiger partial charge >= 0.3 is 6.03 Å². The molecule has 11 heteroatoms. The van der Waals surface area contributed by atoms with E-state index in [1.165, 1.54) is 18.9 Å². The van der Waals surface area contributed by atoms with E-state index in [0.29, 0.717) is 11.6 Å². The molecule has 1 saturated heterocycles. The fraction of sp³-hybridized carbons (Fsp3) is 0.444. The van der Waals surface area contributed by atoms with Crippen LogP contribution in [0.1, 0.15) is 44.2 Å². The molecule has 0 bridgehead atoms. The summed E-state index contributed by atoms with van der Waals surface area (Å²) < 4.78 is 35.3. The van der Waals surface area contributed by atoms with Gasteiger partial charge in [0.1, 0.15) is 0 Å². The summed E-state index contributed by atoms with van der Waals surface area (Å²) in [5, 5.41) is 6.97. The molecule has 0 unspecified atom stereocenters. The molecule has 202 valence electrons. The van der Waals surface area contributed by atoms with Crippen molar-refractivity contribution in [3.8, 4) is 17.0 Å². The Labute approximate surface area is 223 Å². The van der Waals surface area contributed by atoms with Crippen LogP contribution in [0.5, 0.6) is 5.88 Å². The average molecular weight is 539 g/mol. The number of aryl methyl sites for hydroxylation is 1. The van der Waals surface area contributed by atoms with Crippen LogP contribution in [0.15, 0.2) is 47.8 Å². The topological polar surface area (TPSA) is 118 Å². The van der Waals surface area contributed by atoms with Crippen LogP contribution < -0.4 is 14.8 Å². The summed E-state index contributed by atoms with van der Waals surface area (Å²) in [7, 11) is -2.64. The van der Waals surface area contributed by atoms with E-state index in [0.717, 1.165) is 61.2 Å². The first-order chi connectivity index (χ1) is 18.2. The highest BCUT2D eigenvalue weighted by atomic mass is 32.2. The SMILES string of the molecule is COc1cc(-c2ccc3c(c2NC(=O)NS(=O)(=O)c2ccn(C(C)(C)CN4CCCC4)n2)CCC3)ccn1. The summed E-state index contributed by atoms with van der Waals surface area (Å²) in [6.45, 7) is 6.90. The van der Waals surface area contributed by atoms with E-state index in [4.69, 9.17) is 4.74 Å². The maximum atomic E-state index is 13.1. The van der Waals surface area contributed by atoms with Gasteiger partial charge in [-0.1, -0.05) is 12.1 Å². The Bertz CT molecular complexity index is 1440. The van der Waals surface area contributed by atoms with E-state index in [-0.39, 0.29) is 5.03 Å². The number of hydrogen-bond acceptors (Lipinski definition) is 7. The molecule has 0 saturated carbocycles. The molecule has 1 fully saturated rings. The molecule has 2 N–H and O–H groups in total. The smallest absolute Gasteiger partial charge is 0.333 e. The Hall–Kier alpha value is -3.44. The molecule has 0 radical (unpaired) electrons. The first-order valence-electron chi connectivity index (χ1n) is 12.9. The van der Waals surface area contributed by atoms with Gasteiger partial charge in [-0.3, -0.25) is 4.68 Å². The molecule has 1 aliphatic heterocycles. The Morgan fingerprint density at radius 1 is 1.11 bits per heavy atom. The van der Waals surface area contributed by atoms with Gasteiger partial charge in [-0.2, -0.15) is 13.5 Å². The minimum atomic E-state index is -4.19. The molecule has 10 nitrogen and oxygen atoms in total. The van der Waals surface area contributed by atoms with Crippen LogP contribution in [-0.4, -0.2) is 60.9 Å². The summed E-state index contributed by atoms with van der Waals surface area (Å²) in [5.74, 6) is 0.448. The monoisotopic (exact) mass is 538 g/mol. The van der Waals surface area contributed by atoms with Crippen molar-refractivity contribution < 1.29 is 17.9 Å². The van der Waals surface area contributed by atoms with Crippen molar-refractivity contribution in [3.05, 3.63) is 53.9 Å². The van der Waals surface area contributed by atoms with Crippen LogP contribution in [0.2, 0.25) is 0 Å². The van der Waals surface area contributed by atoms with E-state index < -0.39 is 21.6 Å². The third-order valence-corrected chi connectivity index (χ3v) is 8.50. The summed E-state index contributed by atoms with van der Waals surface area (Å²) in [6.07, 6.45) is 8.32. The van der Waals surface area contributed by atoms with Gasteiger partial charge in [0.15, 0.2) is 5.03 Å². The lowest BCUT2D eigenvalue weighted by Crippen LogP contribution is -2.40. The van der Waals surface area contributed by atoms with Gasteiger partial charge in [-0.05, 0) is 87.9 Å². The van der Waals surface area contributed by atoms with E-state index in [1.54, 1.807) is 30.3 Å². The first-order valence-corrected chi connectivity index (χ1v) is 14.4. The second kappa shape index (κ2) is 10.4. The number of sulfonamides is 1. The zero-order chi connectivity index (χ0) is 26.9. The van der Waals surface area contributed by atoms with E-state index >= 15 is 0 Å². The van der Waals surface area contributed by atoms with Crippen LogP contribution in [-0.2, 0) is 28.4 Å². The van der Waals surface area contributed by atoms with Crippen LogP contribution in [0.3, 0.4) is 0 Å². The minimum Gasteiger partial charge on any atom is -0.481 e. The van der Waals surface area contributed by atoms with Gasteiger partial charge in [0.25, 0.3) is 10.0 Å². The quantitative estimate of drug-likeness (QED) is 0.448. The van der Waals surface area contributed by atoms with Crippen molar-refractivity contribution in [1.29, 1.82) is 0 Å². The molecule has 2 aromatic heterocycles. The fourth-order valence-corrected chi connectivity index (χ4v) is 6.23. The number of nitrogens with zero attached hydrogens (tertiary/aromatic N) is 4. The summed E-state index contributed by atoms with van der Waals surface area (Å²) in [5.41, 5.74) is 3.94. The van der Waals surface area contributed by atoms with Crippen LogP contribution >= 0.6 is 0 Å². The number of likely N-dealkylation sites (tertiary alicyclic amines) is 1. The molecule has 5 rings (SSSR count). The van der Waals surface area contributed by atoms with Crippen molar-refractivity contribution in [2.24, 2.45) is 0 Å². The number of carbonyl (C=O) groups excluding carboxylic acids is 1. The number of urea groups is 1. The zero-order valence-corrected chi connectivity index (χ0v) is 22.8. The Balaban J connectivity index is 1.36. The molecule has 1 aliphatic carbocycles. The first kappa shape index (κ1) is 26.2. The van der Waals surface area contributed by atoms with E-state index in [2.05, 4.69) is 31.1 Å². The van der Waals surface area contributed by atoms with Gasteiger partial charge < -0.3 is 15.0 Å². The lowest BCUT2D eigenvalue weighted by Gasteiger charge is -2.30. The van der Waals surface area contributed by atoms with Crippen molar-refractivity contribution in [1.82, 2.24) is 24.4 Å². The highest BCUT2D eigenvalue weighted by molar-refractivity contribution is 7.90. The Morgan fingerprint density at radius 3 is 2.66 bits per heavy atom. The minimum absolute atomic E-state index is 0.195. The second-order valence-corrected chi connectivity index (χ2v) is 12.1. The van der Waals surface area contributed by atoms with Gasteiger partial charge in [0.05, 0.1) is 18.3 Å². The average Bonchev–Trinajstić information content (AvgIpc) is 3.65. The van der Waals surface area contributed by atoms with Gasteiger partial charge in [0, 0.05) is 30.6 Å². The van der Waals surface area contributed by atoms with Gasteiger partial charge in [0.2, 0.25) is 5.88 Å². The third-order valence-electron chi connectivity index (χ3n) is 7.27. The maximum absolute atomic E-state index is 13.1. The van der Waals surface area contributed by atoms with Crippen molar-refractivity contribution in [2.45, 2.75) is 56.5 Å². The maximum Gasteiger partial charge on any atom is 0.333 e.